The predicted molar refractivity (Wildman–Crippen MR) is 66.1 cm³/mol. The fraction of sp³-hybridized carbons (Fsp3) is 0.462. The first-order valence-electron chi connectivity index (χ1n) is 5.53. The fourth-order valence-corrected chi connectivity index (χ4v) is 2.44. The molecule has 16 heavy (non-hydrogen) atoms. The molecule has 2 nitrogen and oxygen atoms in total. The highest BCUT2D eigenvalue weighted by atomic mass is 79.9. The van der Waals surface area contributed by atoms with Gasteiger partial charge in [0.25, 0.3) is 0 Å². The Bertz CT molecular complexity index is 385. The molecule has 0 heterocycles. The smallest absolute Gasteiger partial charge is 0.309 e. The summed E-state index contributed by atoms with van der Waals surface area (Å²) in [7, 11) is 1.47. The summed E-state index contributed by atoms with van der Waals surface area (Å²) in [5.41, 5.74) is 1.18. The molecule has 0 aromatic heterocycles. The molecule has 1 aromatic rings. The van der Waals surface area contributed by atoms with Crippen molar-refractivity contribution < 1.29 is 9.53 Å². The monoisotopic (exact) mass is 282 g/mol. The number of rotatable bonds is 4. The van der Waals surface area contributed by atoms with Crippen LogP contribution in [0.4, 0.5) is 0 Å². The number of hydrogen-bond donors (Lipinski definition) is 0. The maximum atomic E-state index is 11.7. The third-order valence-corrected chi connectivity index (χ3v) is 3.87. The second-order valence-corrected chi connectivity index (χ2v) is 5.12. The van der Waals surface area contributed by atoms with Crippen LogP contribution in [0.3, 0.4) is 0 Å². The van der Waals surface area contributed by atoms with E-state index in [0.717, 1.165) is 23.7 Å². The normalized spacial score (nSPS) is 16.9. The van der Waals surface area contributed by atoms with Gasteiger partial charge >= 0.3 is 5.97 Å². The quantitative estimate of drug-likeness (QED) is 0.793. The highest BCUT2D eigenvalue weighted by Gasteiger charge is 2.37. The largest absolute Gasteiger partial charge is 0.469 e. The number of ether oxygens (including phenoxy) is 1. The van der Waals surface area contributed by atoms with Gasteiger partial charge in [0.2, 0.25) is 0 Å². The summed E-state index contributed by atoms with van der Waals surface area (Å²) < 4.78 is 5.95. The van der Waals surface area contributed by atoms with Gasteiger partial charge in [-0.15, -0.1) is 0 Å². The van der Waals surface area contributed by atoms with E-state index < -0.39 is 0 Å². The van der Waals surface area contributed by atoms with Crippen LogP contribution in [0.2, 0.25) is 0 Å². The van der Waals surface area contributed by atoms with Crippen molar-refractivity contribution in [3.63, 3.8) is 0 Å². The molecule has 0 radical (unpaired) electrons. The summed E-state index contributed by atoms with van der Waals surface area (Å²) in [6.07, 6.45) is 3.09. The van der Waals surface area contributed by atoms with Crippen molar-refractivity contribution in [3.8, 4) is 0 Å². The average molecular weight is 283 g/mol. The molecule has 0 amide bonds. The lowest BCUT2D eigenvalue weighted by Crippen LogP contribution is -2.20. The van der Waals surface area contributed by atoms with Crippen molar-refractivity contribution in [2.75, 3.05) is 7.11 Å². The van der Waals surface area contributed by atoms with Crippen LogP contribution >= 0.6 is 15.9 Å². The highest BCUT2D eigenvalue weighted by molar-refractivity contribution is 9.10. The van der Waals surface area contributed by atoms with Crippen molar-refractivity contribution in [1.29, 1.82) is 0 Å². The van der Waals surface area contributed by atoms with Crippen LogP contribution in [0.15, 0.2) is 28.7 Å². The van der Waals surface area contributed by atoms with E-state index in [1.54, 1.807) is 0 Å². The molecule has 1 saturated carbocycles. The highest BCUT2D eigenvalue weighted by Crippen LogP contribution is 2.39. The molecule has 0 N–H and O–H groups in total. The third-order valence-electron chi connectivity index (χ3n) is 3.09. The second kappa shape index (κ2) is 5.00. The van der Waals surface area contributed by atoms with E-state index in [-0.39, 0.29) is 11.9 Å². The minimum absolute atomic E-state index is 0.0312. The molecule has 0 aliphatic heterocycles. The molecule has 1 aliphatic carbocycles. The molecule has 1 aliphatic rings. The van der Waals surface area contributed by atoms with Gasteiger partial charge in [-0.2, -0.15) is 0 Å². The topological polar surface area (TPSA) is 26.3 Å². The lowest BCUT2D eigenvalue weighted by atomic mass is 9.95. The van der Waals surface area contributed by atoms with Gasteiger partial charge in [-0.3, -0.25) is 4.79 Å². The minimum atomic E-state index is -0.0711. The first-order chi connectivity index (χ1) is 7.72. The van der Waals surface area contributed by atoms with Gasteiger partial charge < -0.3 is 4.74 Å². The summed E-state index contributed by atoms with van der Waals surface area (Å²) in [4.78, 5) is 11.7. The van der Waals surface area contributed by atoms with E-state index in [1.807, 2.05) is 18.2 Å². The molecule has 0 saturated heterocycles. The number of hydrogen-bond acceptors (Lipinski definition) is 2. The molecule has 0 spiro atoms. The zero-order valence-electron chi connectivity index (χ0n) is 9.28. The predicted octanol–water partition coefficient (Wildman–Crippen LogP) is 3.19. The molecule has 3 heteroatoms. The Morgan fingerprint density at radius 3 is 2.75 bits per heavy atom. The molecule has 1 unspecified atom stereocenters. The van der Waals surface area contributed by atoms with E-state index in [1.165, 1.54) is 12.7 Å². The standard InChI is InChI=1S/C13H15BrO2/c1-16-13(15)11(9-6-7-9)8-10-4-2-3-5-12(10)14/h2-5,9,11H,6-8H2,1H3. The van der Waals surface area contributed by atoms with Crippen LogP contribution in [-0.4, -0.2) is 13.1 Å². The molecule has 2 rings (SSSR count). The first kappa shape index (κ1) is 11.6. The summed E-state index contributed by atoms with van der Waals surface area (Å²) in [5, 5.41) is 0. The summed E-state index contributed by atoms with van der Waals surface area (Å²) in [5.74, 6) is 0.488. The van der Waals surface area contributed by atoms with Crippen LogP contribution in [-0.2, 0) is 16.0 Å². The number of halogens is 1. The van der Waals surface area contributed by atoms with Crippen LogP contribution < -0.4 is 0 Å². The number of carbonyl (C=O) groups is 1. The molecule has 0 bridgehead atoms. The molecule has 1 atom stereocenters. The fourth-order valence-electron chi connectivity index (χ4n) is 1.99. The van der Waals surface area contributed by atoms with Crippen LogP contribution in [0.1, 0.15) is 18.4 Å². The number of carbonyl (C=O) groups excluding carboxylic acids is 1. The van der Waals surface area contributed by atoms with Crippen molar-refractivity contribution >= 4 is 21.9 Å². The van der Waals surface area contributed by atoms with Crippen molar-refractivity contribution in [2.45, 2.75) is 19.3 Å². The first-order valence-corrected chi connectivity index (χ1v) is 6.33. The van der Waals surface area contributed by atoms with E-state index in [2.05, 4.69) is 22.0 Å². The van der Waals surface area contributed by atoms with Gasteiger partial charge in [0.15, 0.2) is 0 Å². The molecular weight excluding hydrogens is 268 g/mol. The van der Waals surface area contributed by atoms with Crippen LogP contribution in [0.25, 0.3) is 0 Å². The molecule has 1 aromatic carbocycles. The number of methoxy groups -OCH3 is 1. The van der Waals surface area contributed by atoms with Gasteiger partial charge in [0.05, 0.1) is 13.0 Å². The van der Waals surface area contributed by atoms with Gasteiger partial charge in [0.1, 0.15) is 0 Å². The second-order valence-electron chi connectivity index (χ2n) is 4.26. The van der Waals surface area contributed by atoms with E-state index >= 15 is 0 Å². The van der Waals surface area contributed by atoms with Crippen molar-refractivity contribution in [3.05, 3.63) is 34.3 Å². The Morgan fingerprint density at radius 2 is 2.19 bits per heavy atom. The lowest BCUT2D eigenvalue weighted by molar-refractivity contribution is -0.146. The van der Waals surface area contributed by atoms with E-state index in [4.69, 9.17) is 4.74 Å². The van der Waals surface area contributed by atoms with E-state index in [9.17, 15) is 4.79 Å². The van der Waals surface area contributed by atoms with Crippen molar-refractivity contribution in [2.24, 2.45) is 11.8 Å². The van der Waals surface area contributed by atoms with Gasteiger partial charge in [0, 0.05) is 4.47 Å². The van der Waals surface area contributed by atoms with Crippen LogP contribution in [0, 0.1) is 11.8 Å². The van der Waals surface area contributed by atoms with Crippen LogP contribution in [0.5, 0.6) is 0 Å². The minimum Gasteiger partial charge on any atom is -0.469 e. The van der Waals surface area contributed by atoms with E-state index in [0.29, 0.717) is 5.92 Å². The summed E-state index contributed by atoms with van der Waals surface area (Å²) in [6.45, 7) is 0. The third kappa shape index (κ3) is 2.64. The Morgan fingerprint density at radius 1 is 1.50 bits per heavy atom. The van der Waals surface area contributed by atoms with Crippen molar-refractivity contribution in [1.82, 2.24) is 0 Å². The Kier molecular flexibility index (Phi) is 3.64. The number of benzene rings is 1. The average Bonchev–Trinajstić information content (AvgIpc) is 3.11. The Balaban J connectivity index is 2.11. The van der Waals surface area contributed by atoms with Gasteiger partial charge in [-0.1, -0.05) is 34.1 Å². The maximum absolute atomic E-state index is 11.7. The molecule has 1 fully saturated rings. The Labute approximate surface area is 104 Å². The SMILES string of the molecule is COC(=O)C(Cc1ccccc1Br)C1CC1. The summed E-state index contributed by atoms with van der Waals surface area (Å²) >= 11 is 3.51. The summed E-state index contributed by atoms with van der Waals surface area (Å²) in [6, 6.07) is 8.05. The zero-order chi connectivity index (χ0) is 11.5. The lowest BCUT2D eigenvalue weighted by Gasteiger charge is -2.14. The molecule has 86 valence electrons. The zero-order valence-corrected chi connectivity index (χ0v) is 10.9. The molecular formula is C13H15BrO2. The Hall–Kier alpha value is -0.830. The van der Waals surface area contributed by atoms with Gasteiger partial charge in [-0.05, 0) is 36.8 Å². The maximum Gasteiger partial charge on any atom is 0.309 e. The number of esters is 1. The van der Waals surface area contributed by atoms with Gasteiger partial charge in [-0.25, -0.2) is 0 Å².